The number of ketones is 1. The molecule has 0 amide bonds. The summed E-state index contributed by atoms with van der Waals surface area (Å²) in [6.07, 6.45) is 1.85. The fourth-order valence-electron chi connectivity index (χ4n) is 1.72. The molecular formula is C10H7BrClFO. The number of carbonyl (C=O) groups is 1. The highest BCUT2D eigenvalue weighted by molar-refractivity contribution is 9.10. The predicted octanol–water partition coefficient (Wildman–Crippen LogP) is 3.76. The average Bonchev–Trinajstić information content (AvgIpc) is 2.14. The molecule has 0 N–H and O–H groups in total. The van der Waals surface area contributed by atoms with Crippen molar-refractivity contribution in [2.24, 2.45) is 0 Å². The Labute approximate surface area is 94.4 Å². The van der Waals surface area contributed by atoms with Crippen LogP contribution in [0.15, 0.2) is 10.5 Å². The highest BCUT2D eigenvalue weighted by atomic mass is 79.9. The lowest BCUT2D eigenvalue weighted by Gasteiger charge is -2.17. The zero-order valence-corrected chi connectivity index (χ0v) is 9.58. The number of benzene rings is 1. The van der Waals surface area contributed by atoms with E-state index in [4.69, 9.17) is 11.6 Å². The maximum Gasteiger partial charge on any atom is 0.166 e. The summed E-state index contributed by atoms with van der Waals surface area (Å²) < 4.78 is 13.8. The summed E-state index contributed by atoms with van der Waals surface area (Å²) in [5.41, 5.74) is 0.833. The van der Waals surface area contributed by atoms with Crippen LogP contribution in [-0.4, -0.2) is 5.78 Å². The highest BCUT2D eigenvalue weighted by Crippen LogP contribution is 2.34. The third kappa shape index (κ3) is 1.48. The van der Waals surface area contributed by atoms with Crippen molar-refractivity contribution in [1.82, 2.24) is 0 Å². The Bertz CT molecular complexity index is 417. The van der Waals surface area contributed by atoms with Crippen LogP contribution in [0.5, 0.6) is 0 Å². The first kappa shape index (κ1) is 10.1. The van der Waals surface area contributed by atoms with Gasteiger partial charge in [-0.25, -0.2) is 4.39 Å². The number of hydrogen-bond donors (Lipinski definition) is 0. The normalized spacial score (nSPS) is 15.5. The second-order valence-corrected chi connectivity index (χ2v) is 4.55. The molecule has 1 aliphatic rings. The minimum absolute atomic E-state index is 0.146. The molecule has 1 aromatic rings. The smallest absolute Gasteiger partial charge is 0.166 e. The van der Waals surface area contributed by atoms with Crippen LogP contribution in [0.1, 0.15) is 28.8 Å². The number of hydrogen-bond acceptors (Lipinski definition) is 1. The van der Waals surface area contributed by atoms with Gasteiger partial charge < -0.3 is 0 Å². The summed E-state index contributed by atoms with van der Waals surface area (Å²) in [6, 6.07) is 1.51. The maximum absolute atomic E-state index is 13.6. The summed E-state index contributed by atoms with van der Waals surface area (Å²) >= 11 is 8.98. The van der Waals surface area contributed by atoms with Crippen LogP contribution >= 0.6 is 27.5 Å². The van der Waals surface area contributed by atoms with Crippen LogP contribution in [0.4, 0.5) is 4.39 Å². The molecule has 0 saturated heterocycles. The molecule has 0 fully saturated rings. The standard InChI is InChI=1S/C10H7BrClFO/c11-6-4-7(12)5-2-1-3-8(14)9(5)10(6)13/h4H,1-3H2. The quantitative estimate of drug-likeness (QED) is 0.660. The van der Waals surface area contributed by atoms with Gasteiger partial charge in [0.05, 0.1) is 10.0 Å². The van der Waals surface area contributed by atoms with Gasteiger partial charge in [0.2, 0.25) is 0 Å². The Morgan fingerprint density at radius 3 is 2.86 bits per heavy atom. The van der Waals surface area contributed by atoms with Crippen molar-refractivity contribution in [3.63, 3.8) is 0 Å². The number of Topliss-reactive ketones (excluding diaryl/α,β-unsaturated/α-hetero) is 1. The van der Waals surface area contributed by atoms with Crippen LogP contribution in [0.25, 0.3) is 0 Å². The molecule has 2 rings (SSSR count). The fraction of sp³-hybridized carbons (Fsp3) is 0.300. The number of halogens is 3. The number of fused-ring (bicyclic) bond motifs is 1. The molecule has 1 aliphatic carbocycles. The van der Waals surface area contributed by atoms with Gasteiger partial charge in [-0.2, -0.15) is 0 Å². The maximum atomic E-state index is 13.6. The first-order chi connectivity index (χ1) is 6.61. The third-order valence-electron chi connectivity index (χ3n) is 2.38. The minimum atomic E-state index is -0.478. The van der Waals surface area contributed by atoms with Crippen LogP contribution in [-0.2, 0) is 6.42 Å². The van der Waals surface area contributed by atoms with Crippen molar-refractivity contribution in [3.05, 3.63) is 32.5 Å². The van der Waals surface area contributed by atoms with Gasteiger partial charge in [-0.05, 0) is 40.4 Å². The van der Waals surface area contributed by atoms with Crippen LogP contribution in [0.3, 0.4) is 0 Å². The molecule has 0 spiro atoms. The molecule has 0 atom stereocenters. The first-order valence-corrected chi connectivity index (χ1v) is 5.48. The van der Waals surface area contributed by atoms with Gasteiger partial charge in [-0.1, -0.05) is 11.6 Å². The lowest BCUT2D eigenvalue weighted by Crippen LogP contribution is -2.14. The van der Waals surface area contributed by atoms with Crippen molar-refractivity contribution in [3.8, 4) is 0 Å². The summed E-state index contributed by atoms with van der Waals surface area (Å²) in [7, 11) is 0. The van der Waals surface area contributed by atoms with E-state index in [1.165, 1.54) is 6.07 Å². The van der Waals surface area contributed by atoms with E-state index in [9.17, 15) is 9.18 Å². The van der Waals surface area contributed by atoms with Crippen LogP contribution in [0.2, 0.25) is 5.02 Å². The van der Waals surface area contributed by atoms with Gasteiger partial charge in [-0.15, -0.1) is 0 Å². The first-order valence-electron chi connectivity index (χ1n) is 4.31. The molecule has 0 aromatic heterocycles. The largest absolute Gasteiger partial charge is 0.294 e. The second-order valence-electron chi connectivity index (χ2n) is 3.28. The molecule has 0 aliphatic heterocycles. The lowest BCUT2D eigenvalue weighted by atomic mass is 9.90. The van der Waals surface area contributed by atoms with Crippen molar-refractivity contribution in [2.75, 3.05) is 0 Å². The number of carbonyl (C=O) groups excluding carboxylic acids is 1. The molecule has 0 saturated carbocycles. The van der Waals surface area contributed by atoms with Gasteiger partial charge in [0, 0.05) is 11.4 Å². The van der Waals surface area contributed by atoms with Crippen molar-refractivity contribution in [1.29, 1.82) is 0 Å². The Morgan fingerprint density at radius 2 is 2.14 bits per heavy atom. The van der Waals surface area contributed by atoms with Crippen LogP contribution < -0.4 is 0 Å². The van der Waals surface area contributed by atoms with Gasteiger partial charge in [0.15, 0.2) is 5.78 Å². The molecule has 0 radical (unpaired) electrons. The summed E-state index contributed by atoms with van der Waals surface area (Å²) in [5.74, 6) is -0.624. The Morgan fingerprint density at radius 1 is 1.43 bits per heavy atom. The summed E-state index contributed by atoms with van der Waals surface area (Å²) in [6.45, 7) is 0. The van der Waals surface area contributed by atoms with Crippen molar-refractivity contribution >= 4 is 33.3 Å². The van der Waals surface area contributed by atoms with E-state index in [-0.39, 0.29) is 15.8 Å². The monoisotopic (exact) mass is 276 g/mol. The highest BCUT2D eigenvalue weighted by Gasteiger charge is 2.25. The van der Waals surface area contributed by atoms with E-state index in [2.05, 4.69) is 15.9 Å². The Balaban J connectivity index is 2.73. The van der Waals surface area contributed by atoms with Crippen molar-refractivity contribution < 1.29 is 9.18 Å². The molecule has 1 aromatic carbocycles. The summed E-state index contributed by atoms with van der Waals surface area (Å²) in [4.78, 5) is 11.5. The minimum Gasteiger partial charge on any atom is -0.294 e. The Hall–Kier alpha value is -0.410. The van der Waals surface area contributed by atoms with Gasteiger partial charge in [0.1, 0.15) is 5.82 Å². The zero-order valence-electron chi connectivity index (χ0n) is 7.24. The van der Waals surface area contributed by atoms with E-state index >= 15 is 0 Å². The molecule has 14 heavy (non-hydrogen) atoms. The molecule has 0 unspecified atom stereocenters. The van der Waals surface area contributed by atoms with Gasteiger partial charge in [0.25, 0.3) is 0 Å². The Kier molecular flexibility index (Phi) is 2.62. The molecular weight excluding hydrogens is 270 g/mol. The van der Waals surface area contributed by atoms with E-state index in [0.717, 1.165) is 6.42 Å². The van der Waals surface area contributed by atoms with E-state index in [1.54, 1.807) is 0 Å². The molecule has 74 valence electrons. The van der Waals surface area contributed by atoms with E-state index in [0.29, 0.717) is 23.4 Å². The van der Waals surface area contributed by atoms with Gasteiger partial charge in [-0.3, -0.25) is 4.79 Å². The molecule has 1 nitrogen and oxygen atoms in total. The van der Waals surface area contributed by atoms with E-state index < -0.39 is 5.82 Å². The molecule has 4 heteroatoms. The third-order valence-corrected chi connectivity index (χ3v) is 3.30. The van der Waals surface area contributed by atoms with E-state index in [1.807, 2.05) is 0 Å². The summed E-state index contributed by atoms with van der Waals surface area (Å²) in [5, 5.41) is 0.473. The van der Waals surface area contributed by atoms with Crippen molar-refractivity contribution in [2.45, 2.75) is 19.3 Å². The average molecular weight is 278 g/mol. The lowest BCUT2D eigenvalue weighted by molar-refractivity contribution is 0.0968. The fourth-order valence-corrected chi connectivity index (χ4v) is 2.58. The second kappa shape index (κ2) is 3.63. The predicted molar refractivity (Wildman–Crippen MR) is 56.4 cm³/mol. The topological polar surface area (TPSA) is 17.1 Å². The van der Waals surface area contributed by atoms with Gasteiger partial charge >= 0.3 is 0 Å². The number of rotatable bonds is 0. The molecule has 0 heterocycles. The van der Waals surface area contributed by atoms with Crippen LogP contribution in [0, 0.1) is 5.82 Å². The molecule has 0 bridgehead atoms. The zero-order chi connectivity index (χ0) is 10.3. The SMILES string of the molecule is O=C1CCCc2c(Cl)cc(Br)c(F)c21.